The van der Waals surface area contributed by atoms with Gasteiger partial charge in [0.1, 0.15) is 17.3 Å². The van der Waals surface area contributed by atoms with E-state index in [4.69, 9.17) is 0 Å². The summed E-state index contributed by atoms with van der Waals surface area (Å²) in [6, 6.07) is 5.51. The Labute approximate surface area is 138 Å². The van der Waals surface area contributed by atoms with Crippen LogP contribution in [0.25, 0.3) is 11.0 Å². The molecule has 3 aromatic heterocycles. The van der Waals surface area contributed by atoms with Gasteiger partial charge in [-0.2, -0.15) is 5.10 Å². The van der Waals surface area contributed by atoms with Crippen LogP contribution in [0.15, 0.2) is 30.6 Å². The number of H-pyrrole nitrogens is 1. The third kappa shape index (κ3) is 2.66. The number of aryl methyl sites for hydroxylation is 1. The second kappa shape index (κ2) is 5.88. The van der Waals surface area contributed by atoms with Crippen molar-refractivity contribution in [3.63, 3.8) is 0 Å². The molecule has 3 aromatic rings. The van der Waals surface area contributed by atoms with E-state index in [0.29, 0.717) is 30.3 Å². The van der Waals surface area contributed by atoms with Crippen molar-refractivity contribution in [1.29, 1.82) is 0 Å². The number of nitrogens with zero attached hydrogens (tertiary/aromatic N) is 5. The van der Waals surface area contributed by atoms with E-state index in [9.17, 15) is 4.79 Å². The predicted molar refractivity (Wildman–Crippen MR) is 88.6 cm³/mol. The minimum absolute atomic E-state index is 0.0350. The molecule has 1 amide bonds. The monoisotopic (exact) mass is 323 g/mol. The van der Waals surface area contributed by atoms with E-state index in [0.717, 1.165) is 17.6 Å². The maximum atomic E-state index is 12.5. The minimum atomic E-state index is -0.0350. The Hall–Kier alpha value is -3.03. The van der Waals surface area contributed by atoms with Crippen molar-refractivity contribution < 1.29 is 4.79 Å². The molecule has 0 saturated carbocycles. The lowest BCUT2D eigenvalue weighted by Crippen LogP contribution is -2.32. The lowest BCUT2D eigenvalue weighted by Gasteiger charge is -2.17. The Balaban J connectivity index is 1.49. The number of carbonyl (C=O) groups is 1. The number of anilines is 1. The highest BCUT2D eigenvalue weighted by Gasteiger charge is 2.28. The van der Waals surface area contributed by atoms with E-state index in [1.54, 1.807) is 24.5 Å². The molecule has 0 aromatic carbocycles. The molecule has 1 unspecified atom stereocenters. The van der Waals surface area contributed by atoms with Crippen molar-refractivity contribution in [2.75, 3.05) is 18.4 Å². The summed E-state index contributed by atoms with van der Waals surface area (Å²) < 4.78 is 0. The van der Waals surface area contributed by atoms with Crippen LogP contribution < -0.4 is 5.32 Å². The number of rotatable bonds is 3. The van der Waals surface area contributed by atoms with Crippen LogP contribution >= 0.6 is 0 Å². The molecule has 0 aliphatic carbocycles. The van der Waals surface area contributed by atoms with Crippen LogP contribution in [-0.4, -0.2) is 55.1 Å². The zero-order chi connectivity index (χ0) is 16.5. The number of aromatic nitrogens is 5. The fourth-order valence-corrected chi connectivity index (χ4v) is 2.96. The van der Waals surface area contributed by atoms with Crippen LogP contribution in [0, 0.1) is 6.92 Å². The Kier molecular flexibility index (Phi) is 3.56. The molecule has 1 saturated heterocycles. The number of fused-ring (bicyclic) bond motifs is 1. The zero-order valence-electron chi connectivity index (χ0n) is 13.2. The van der Waals surface area contributed by atoms with Gasteiger partial charge in [-0.05, 0) is 25.5 Å². The SMILES string of the molecule is Cc1nc(NC2CCN(C(=O)c3ccccn3)C2)c2cn[nH]c2n1. The fraction of sp³-hybridized carbons (Fsp3) is 0.312. The molecule has 1 aliphatic heterocycles. The minimum Gasteiger partial charge on any atom is -0.365 e. The van der Waals surface area contributed by atoms with Crippen LogP contribution in [0.2, 0.25) is 0 Å². The number of hydrogen-bond donors (Lipinski definition) is 2. The first-order chi connectivity index (χ1) is 11.7. The molecule has 24 heavy (non-hydrogen) atoms. The topological polar surface area (TPSA) is 99.7 Å². The largest absolute Gasteiger partial charge is 0.365 e. The third-order valence-corrected chi connectivity index (χ3v) is 4.12. The van der Waals surface area contributed by atoms with Gasteiger partial charge in [-0.3, -0.25) is 14.9 Å². The smallest absolute Gasteiger partial charge is 0.272 e. The van der Waals surface area contributed by atoms with Gasteiger partial charge in [-0.1, -0.05) is 6.07 Å². The summed E-state index contributed by atoms with van der Waals surface area (Å²) in [6.45, 7) is 3.17. The maximum Gasteiger partial charge on any atom is 0.272 e. The van der Waals surface area contributed by atoms with Gasteiger partial charge in [0.15, 0.2) is 5.65 Å². The maximum absolute atomic E-state index is 12.5. The van der Waals surface area contributed by atoms with Crippen molar-refractivity contribution in [3.05, 3.63) is 42.1 Å². The summed E-state index contributed by atoms with van der Waals surface area (Å²) in [5, 5.41) is 11.2. The Morgan fingerprint density at radius 3 is 3.12 bits per heavy atom. The van der Waals surface area contributed by atoms with E-state index in [-0.39, 0.29) is 11.9 Å². The lowest BCUT2D eigenvalue weighted by molar-refractivity contribution is 0.0786. The highest BCUT2D eigenvalue weighted by molar-refractivity contribution is 5.92. The molecule has 122 valence electrons. The summed E-state index contributed by atoms with van der Waals surface area (Å²) in [4.78, 5) is 27.2. The third-order valence-electron chi connectivity index (χ3n) is 4.12. The van der Waals surface area contributed by atoms with Gasteiger partial charge < -0.3 is 10.2 Å². The van der Waals surface area contributed by atoms with Gasteiger partial charge in [0.2, 0.25) is 0 Å². The molecule has 2 N–H and O–H groups in total. The second-order valence-corrected chi connectivity index (χ2v) is 5.85. The van der Waals surface area contributed by atoms with E-state index >= 15 is 0 Å². The lowest BCUT2D eigenvalue weighted by atomic mass is 10.2. The molecule has 0 bridgehead atoms. The molecule has 1 fully saturated rings. The fourth-order valence-electron chi connectivity index (χ4n) is 2.96. The highest BCUT2D eigenvalue weighted by Crippen LogP contribution is 2.22. The molecule has 1 aliphatic rings. The molecule has 0 radical (unpaired) electrons. The summed E-state index contributed by atoms with van der Waals surface area (Å²) in [6.07, 6.45) is 4.21. The first-order valence-electron chi connectivity index (χ1n) is 7.85. The van der Waals surface area contributed by atoms with Crippen LogP contribution in [0.4, 0.5) is 5.82 Å². The number of nitrogens with one attached hydrogen (secondary N) is 2. The number of carbonyl (C=O) groups excluding carboxylic acids is 1. The Bertz CT molecular complexity index is 877. The number of likely N-dealkylation sites (tertiary alicyclic amines) is 1. The van der Waals surface area contributed by atoms with Crippen molar-refractivity contribution in [1.82, 2.24) is 30.0 Å². The Morgan fingerprint density at radius 1 is 1.38 bits per heavy atom. The average molecular weight is 323 g/mol. The van der Waals surface area contributed by atoms with Crippen LogP contribution in [0.1, 0.15) is 22.7 Å². The molecule has 0 spiro atoms. The summed E-state index contributed by atoms with van der Waals surface area (Å²) in [5.41, 5.74) is 1.19. The van der Waals surface area contributed by atoms with E-state index in [2.05, 4.69) is 30.5 Å². The highest BCUT2D eigenvalue weighted by atomic mass is 16.2. The van der Waals surface area contributed by atoms with E-state index in [1.165, 1.54) is 0 Å². The first-order valence-corrected chi connectivity index (χ1v) is 7.85. The molecule has 4 rings (SSSR count). The molecule has 8 heteroatoms. The standard InChI is InChI=1S/C16H17N7O/c1-10-19-14(12-8-18-22-15(12)20-10)21-11-5-7-23(9-11)16(24)13-4-2-3-6-17-13/h2-4,6,8,11H,5,7,9H2,1H3,(H2,18,19,20,21,22). The number of amides is 1. The van der Waals surface area contributed by atoms with Crippen molar-refractivity contribution in [2.24, 2.45) is 0 Å². The average Bonchev–Trinajstić information content (AvgIpc) is 3.24. The number of pyridine rings is 1. The van der Waals surface area contributed by atoms with Gasteiger partial charge in [-0.25, -0.2) is 9.97 Å². The van der Waals surface area contributed by atoms with Gasteiger partial charge in [0.05, 0.1) is 11.6 Å². The number of aromatic amines is 1. The van der Waals surface area contributed by atoms with E-state index < -0.39 is 0 Å². The number of hydrogen-bond acceptors (Lipinski definition) is 6. The molecule has 1 atom stereocenters. The molecule has 4 heterocycles. The van der Waals surface area contributed by atoms with Crippen molar-refractivity contribution in [3.8, 4) is 0 Å². The second-order valence-electron chi connectivity index (χ2n) is 5.85. The van der Waals surface area contributed by atoms with Gasteiger partial charge in [-0.15, -0.1) is 0 Å². The van der Waals surface area contributed by atoms with Crippen LogP contribution in [-0.2, 0) is 0 Å². The van der Waals surface area contributed by atoms with Crippen LogP contribution in [0.3, 0.4) is 0 Å². The van der Waals surface area contributed by atoms with Crippen molar-refractivity contribution >= 4 is 22.8 Å². The van der Waals surface area contributed by atoms with Gasteiger partial charge in [0.25, 0.3) is 5.91 Å². The quantitative estimate of drug-likeness (QED) is 0.755. The van der Waals surface area contributed by atoms with Crippen LogP contribution in [0.5, 0.6) is 0 Å². The summed E-state index contributed by atoms with van der Waals surface area (Å²) in [7, 11) is 0. The van der Waals surface area contributed by atoms with Gasteiger partial charge in [0, 0.05) is 25.3 Å². The van der Waals surface area contributed by atoms with E-state index in [1.807, 2.05) is 17.9 Å². The normalized spacial score (nSPS) is 17.4. The first kappa shape index (κ1) is 14.6. The Morgan fingerprint density at radius 2 is 2.29 bits per heavy atom. The van der Waals surface area contributed by atoms with Gasteiger partial charge >= 0.3 is 0 Å². The van der Waals surface area contributed by atoms with Crippen molar-refractivity contribution in [2.45, 2.75) is 19.4 Å². The summed E-state index contributed by atoms with van der Waals surface area (Å²) >= 11 is 0. The molecular weight excluding hydrogens is 306 g/mol. The predicted octanol–water partition coefficient (Wildman–Crippen LogP) is 1.38. The zero-order valence-corrected chi connectivity index (χ0v) is 13.2. The molecular formula is C16H17N7O. The molecule has 8 nitrogen and oxygen atoms in total. The summed E-state index contributed by atoms with van der Waals surface area (Å²) in [5.74, 6) is 1.39.